The Morgan fingerprint density at radius 2 is 1.81 bits per heavy atom. The molecule has 1 aliphatic heterocycles. The second kappa shape index (κ2) is 9.46. The van der Waals surface area contributed by atoms with E-state index in [0.717, 1.165) is 17.8 Å². The van der Waals surface area contributed by atoms with E-state index in [1.54, 1.807) is 13.8 Å². The molecule has 1 N–H and O–H groups in total. The third-order valence-electron chi connectivity index (χ3n) is 5.07. The summed E-state index contributed by atoms with van der Waals surface area (Å²) in [6.07, 6.45) is 1.01. The molecule has 1 aliphatic rings. The van der Waals surface area contributed by atoms with Gasteiger partial charge in [0.05, 0.1) is 17.2 Å². The summed E-state index contributed by atoms with van der Waals surface area (Å²) in [5.41, 5.74) is 0.773. The highest BCUT2D eigenvalue weighted by Gasteiger charge is 2.31. The monoisotopic (exact) mass is 465 g/mol. The van der Waals surface area contributed by atoms with Crippen molar-refractivity contribution in [3.05, 3.63) is 40.4 Å². The van der Waals surface area contributed by atoms with Crippen LogP contribution >= 0.6 is 11.3 Å². The number of ether oxygens (including phenoxy) is 1. The molecular formula is C21H27N3O5S2. The summed E-state index contributed by atoms with van der Waals surface area (Å²) in [5, 5.41) is 2.93. The van der Waals surface area contributed by atoms with E-state index < -0.39 is 21.9 Å². The molecule has 31 heavy (non-hydrogen) atoms. The molecule has 8 nitrogen and oxygen atoms in total. The molecule has 1 aromatic carbocycles. The highest BCUT2D eigenvalue weighted by molar-refractivity contribution is 7.89. The van der Waals surface area contributed by atoms with Gasteiger partial charge in [-0.05, 0) is 56.4 Å². The molecule has 0 unspecified atom stereocenters. The number of carbonyl (C=O) groups excluding carboxylic acids is 2. The zero-order chi connectivity index (χ0) is 22.8. The summed E-state index contributed by atoms with van der Waals surface area (Å²) in [6, 6.07) is 5.86. The Morgan fingerprint density at radius 1 is 1.19 bits per heavy atom. The second-order valence-electron chi connectivity index (χ2n) is 7.90. The lowest BCUT2D eigenvalue weighted by atomic mass is 9.94. The molecule has 0 bridgehead atoms. The van der Waals surface area contributed by atoms with Crippen LogP contribution in [0.3, 0.4) is 0 Å². The SMILES string of the molecule is CCOC(=O)c1sc(NC(=O)c2ccc(S(=O)(=O)N3C[C@@H](C)C[C@H](C)C3)cc2)nc1C. The maximum absolute atomic E-state index is 13.0. The third kappa shape index (κ3) is 5.31. The number of nitrogens with zero attached hydrogens (tertiary/aromatic N) is 2. The molecule has 0 spiro atoms. The van der Waals surface area contributed by atoms with Gasteiger partial charge in [-0.2, -0.15) is 4.31 Å². The van der Waals surface area contributed by atoms with Crippen LogP contribution in [0.25, 0.3) is 0 Å². The lowest BCUT2D eigenvalue weighted by Gasteiger charge is -2.34. The van der Waals surface area contributed by atoms with Crippen molar-refractivity contribution in [2.24, 2.45) is 11.8 Å². The van der Waals surface area contributed by atoms with Gasteiger partial charge in [-0.15, -0.1) is 0 Å². The van der Waals surface area contributed by atoms with Crippen molar-refractivity contribution in [1.29, 1.82) is 0 Å². The van der Waals surface area contributed by atoms with Gasteiger partial charge >= 0.3 is 5.97 Å². The Labute approximate surface area is 186 Å². The van der Waals surface area contributed by atoms with Gasteiger partial charge < -0.3 is 4.74 Å². The fourth-order valence-corrected chi connectivity index (χ4v) is 6.27. The molecule has 0 saturated carbocycles. The number of piperidine rings is 1. The van der Waals surface area contributed by atoms with E-state index in [9.17, 15) is 18.0 Å². The highest BCUT2D eigenvalue weighted by atomic mass is 32.2. The fourth-order valence-electron chi connectivity index (χ4n) is 3.73. The number of hydrogen-bond acceptors (Lipinski definition) is 7. The van der Waals surface area contributed by atoms with Crippen molar-refractivity contribution in [2.75, 3.05) is 25.0 Å². The van der Waals surface area contributed by atoms with Gasteiger partial charge in [0, 0.05) is 18.7 Å². The molecule has 168 valence electrons. The molecule has 2 aromatic rings. The summed E-state index contributed by atoms with van der Waals surface area (Å²) in [7, 11) is -3.61. The molecule has 1 saturated heterocycles. The zero-order valence-electron chi connectivity index (χ0n) is 18.0. The largest absolute Gasteiger partial charge is 0.462 e. The lowest BCUT2D eigenvalue weighted by Crippen LogP contribution is -2.42. The summed E-state index contributed by atoms with van der Waals surface area (Å²) in [4.78, 5) is 29.2. The molecule has 10 heteroatoms. The van der Waals surface area contributed by atoms with Gasteiger partial charge in [0.2, 0.25) is 10.0 Å². The van der Waals surface area contributed by atoms with Gasteiger partial charge in [0.1, 0.15) is 4.88 Å². The number of benzene rings is 1. The number of carbonyl (C=O) groups is 2. The maximum Gasteiger partial charge on any atom is 0.350 e. The fraction of sp³-hybridized carbons (Fsp3) is 0.476. The van der Waals surface area contributed by atoms with E-state index >= 15 is 0 Å². The molecule has 3 rings (SSSR count). The van der Waals surface area contributed by atoms with Crippen molar-refractivity contribution in [3.8, 4) is 0 Å². The maximum atomic E-state index is 13.0. The van der Waals surface area contributed by atoms with Crippen LogP contribution in [0.1, 0.15) is 52.9 Å². The first-order valence-corrected chi connectivity index (χ1v) is 12.4. The van der Waals surface area contributed by atoms with E-state index in [1.807, 2.05) is 0 Å². The minimum absolute atomic E-state index is 0.167. The molecule has 2 atom stereocenters. The summed E-state index contributed by atoms with van der Waals surface area (Å²) in [6.45, 7) is 8.75. The predicted octanol–water partition coefficient (Wildman–Crippen LogP) is 3.55. The van der Waals surface area contributed by atoms with Gasteiger partial charge in [-0.3, -0.25) is 10.1 Å². The number of anilines is 1. The van der Waals surface area contributed by atoms with Crippen LogP contribution in [-0.2, 0) is 14.8 Å². The number of hydrogen-bond donors (Lipinski definition) is 1. The van der Waals surface area contributed by atoms with Gasteiger partial charge in [-0.1, -0.05) is 25.2 Å². The lowest BCUT2D eigenvalue weighted by molar-refractivity contribution is 0.0531. The number of esters is 1. The first kappa shape index (κ1) is 23.4. The van der Waals surface area contributed by atoms with Crippen LogP contribution in [-0.4, -0.2) is 49.3 Å². The number of sulfonamides is 1. The molecule has 1 fully saturated rings. The standard InChI is InChI=1S/C21H27N3O5S2/c1-5-29-20(26)18-15(4)22-21(30-18)23-19(25)16-6-8-17(9-7-16)31(27,28)24-11-13(2)10-14(3)12-24/h6-9,13-14H,5,10-12H2,1-4H3,(H,22,23,25)/t13-,14-/m0/s1. The Hall–Kier alpha value is -2.30. The number of aromatic nitrogens is 1. The Bertz CT molecular complexity index is 1050. The zero-order valence-corrected chi connectivity index (χ0v) is 19.7. The molecular weight excluding hydrogens is 438 g/mol. The van der Waals surface area contributed by atoms with Gasteiger partial charge in [0.15, 0.2) is 5.13 Å². The summed E-state index contributed by atoms with van der Waals surface area (Å²) < 4.78 is 32.5. The Kier molecular flexibility index (Phi) is 7.13. The summed E-state index contributed by atoms with van der Waals surface area (Å²) in [5.74, 6) is -0.295. The van der Waals surface area contributed by atoms with Crippen molar-refractivity contribution in [2.45, 2.75) is 39.0 Å². The molecule has 1 amide bonds. The predicted molar refractivity (Wildman–Crippen MR) is 119 cm³/mol. The highest BCUT2D eigenvalue weighted by Crippen LogP contribution is 2.27. The van der Waals surface area contributed by atoms with E-state index in [2.05, 4.69) is 24.1 Å². The van der Waals surface area contributed by atoms with E-state index in [1.165, 1.54) is 28.6 Å². The normalized spacial score (nSPS) is 19.7. The molecule has 2 heterocycles. The Morgan fingerprint density at radius 3 is 2.39 bits per heavy atom. The number of thiazole rings is 1. The molecule has 0 aliphatic carbocycles. The third-order valence-corrected chi connectivity index (χ3v) is 7.97. The van der Waals surface area contributed by atoms with Crippen molar-refractivity contribution in [3.63, 3.8) is 0 Å². The number of nitrogens with one attached hydrogen (secondary N) is 1. The van der Waals surface area contributed by atoms with Crippen LogP contribution < -0.4 is 5.32 Å². The van der Waals surface area contributed by atoms with Crippen LogP contribution in [0.4, 0.5) is 5.13 Å². The molecule has 0 radical (unpaired) electrons. The smallest absolute Gasteiger partial charge is 0.350 e. The van der Waals surface area contributed by atoms with E-state index in [4.69, 9.17) is 4.74 Å². The number of rotatable bonds is 6. The molecule has 1 aromatic heterocycles. The Balaban J connectivity index is 1.72. The van der Waals surface area contributed by atoms with Crippen LogP contribution in [0.15, 0.2) is 29.2 Å². The van der Waals surface area contributed by atoms with Crippen LogP contribution in [0.2, 0.25) is 0 Å². The quantitative estimate of drug-likeness (QED) is 0.654. The average Bonchev–Trinajstić information content (AvgIpc) is 3.07. The average molecular weight is 466 g/mol. The first-order chi connectivity index (χ1) is 14.6. The van der Waals surface area contributed by atoms with Crippen molar-refractivity contribution in [1.82, 2.24) is 9.29 Å². The van der Waals surface area contributed by atoms with E-state index in [-0.39, 0.29) is 16.6 Å². The minimum Gasteiger partial charge on any atom is -0.462 e. The number of amides is 1. The topological polar surface area (TPSA) is 106 Å². The number of aryl methyl sites for hydroxylation is 1. The second-order valence-corrected chi connectivity index (χ2v) is 10.8. The van der Waals surface area contributed by atoms with Crippen molar-refractivity contribution < 1.29 is 22.7 Å². The van der Waals surface area contributed by atoms with Crippen molar-refractivity contribution >= 4 is 38.4 Å². The first-order valence-electron chi connectivity index (χ1n) is 10.2. The van der Waals surface area contributed by atoms with Crippen LogP contribution in [0.5, 0.6) is 0 Å². The minimum atomic E-state index is -3.61. The van der Waals surface area contributed by atoms with Gasteiger partial charge in [0.25, 0.3) is 5.91 Å². The summed E-state index contributed by atoms with van der Waals surface area (Å²) >= 11 is 1.04. The van der Waals surface area contributed by atoms with E-state index in [0.29, 0.717) is 41.1 Å². The van der Waals surface area contributed by atoms with Gasteiger partial charge in [-0.25, -0.2) is 18.2 Å². The van der Waals surface area contributed by atoms with Crippen LogP contribution in [0, 0.1) is 18.8 Å².